The summed E-state index contributed by atoms with van der Waals surface area (Å²) in [6.07, 6.45) is 4.36. The average Bonchev–Trinajstić information content (AvgIpc) is 2.92. The number of pyridine rings is 2. The molecular weight excluding hydrogens is 224 g/mol. The van der Waals surface area contributed by atoms with Crippen molar-refractivity contribution in [3.05, 3.63) is 36.2 Å². The van der Waals surface area contributed by atoms with Crippen LogP contribution >= 0.6 is 0 Å². The zero-order chi connectivity index (χ0) is 12.2. The molecule has 1 aliphatic heterocycles. The first-order valence-electron chi connectivity index (χ1n) is 6.56. The summed E-state index contributed by atoms with van der Waals surface area (Å²) in [5.41, 5.74) is 1.88. The third-order valence-corrected chi connectivity index (χ3v) is 3.38. The molecule has 3 rings (SSSR count). The van der Waals surface area contributed by atoms with E-state index in [-0.39, 0.29) is 0 Å². The van der Waals surface area contributed by atoms with E-state index in [9.17, 15) is 0 Å². The van der Waals surface area contributed by atoms with Crippen LogP contribution in [0, 0.1) is 0 Å². The van der Waals surface area contributed by atoms with Crippen molar-refractivity contribution in [2.45, 2.75) is 25.4 Å². The molecule has 0 amide bonds. The SMILES string of the molecule is c1cnc2nc(CNC[C@@H]3CCCN3)ccc2c1. The molecule has 0 unspecified atom stereocenters. The van der Waals surface area contributed by atoms with Crippen LogP contribution in [0.3, 0.4) is 0 Å². The van der Waals surface area contributed by atoms with Gasteiger partial charge in [-0.25, -0.2) is 9.97 Å². The lowest BCUT2D eigenvalue weighted by atomic mass is 10.2. The first-order chi connectivity index (χ1) is 8.92. The number of aromatic nitrogens is 2. The van der Waals surface area contributed by atoms with Gasteiger partial charge in [-0.3, -0.25) is 0 Å². The summed E-state index contributed by atoms with van der Waals surface area (Å²) >= 11 is 0. The highest BCUT2D eigenvalue weighted by atomic mass is 15.0. The summed E-state index contributed by atoms with van der Waals surface area (Å²) in [6.45, 7) is 2.98. The molecule has 1 atom stereocenters. The summed E-state index contributed by atoms with van der Waals surface area (Å²) in [4.78, 5) is 8.82. The van der Waals surface area contributed by atoms with Gasteiger partial charge in [0.15, 0.2) is 5.65 Å². The van der Waals surface area contributed by atoms with E-state index in [1.54, 1.807) is 6.20 Å². The van der Waals surface area contributed by atoms with Crippen molar-refractivity contribution in [3.63, 3.8) is 0 Å². The maximum Gasteiger partial charge on any atom is 0.159 e. The average molecular weight is 242 g/mol. The van der Waals surface area contributed by atoms with Gasteiger partial charge in [0, 0.05) is 30.7 Å². The largest absolute Gasteiger partial charge is 0.313 e. The molecule has 2 N–H and O–H groups in total. The molecule has 94 valence electrons. The van der Waals surface area contributed by atoms with Crippen molar-refractivity contribution in [3.8, 4) is 0 Å². The first-order valence-corrected chi connectivity index (χ1v) is 6.56. The maximum atomic E-state index is 4.55. The Labute approximate surface area is 107 Å². The van der Waals surface area contributed by atoms with Crippen molar-refractivity contribution < 1.29 is 0 Å². The molecule has 18 heavy (non-hydrogen) atoms. The Bertz CT molecular complexity index is 520. The van der Waals surface area contributed by atoms with Gasteiger partial charge >= 0.3 is 0 Å². The molecule has 4 nitrogen and oxygen atoms in total. The Morgan fingerprint density at radius 2 is 2.33 bits per heavy atom. The topological polar surface area (TPSA) is 49.8 Å². The highest BCUT2D eigenvalue weighted by Gasteiger charge is 2.12. The van der Waals surface area contributed by atoms with Crippen LogP contribution in [0.1, 0.15) is 18.5 Å². The van der Waals surface area contributed by atoms with Crippen LogP contribution in [0.2, 0.25) is 0 Å². The fourth-order valence-electron chi connectivity index (χ4n) is 2.40. The summed E-state index contributed by atoms with van der Waals surface area (Å²) in [7, 11) is 0. The Balaban J connectivity index is 1.60. The molecule has 1 saturated heterocycles. The summed E-state index contributed by atoms with van der Waals surface area (Å²) in [5.74, 6) is 0. The third-order valence-electron chi connectivity index (χ3n) is 3.38. The standard InChI is InChI=1S/C14H18N4/c1-3-11-5-6-13(18-14(11)17-8-1)10-15-9-12-4-2-7-16-12/h1,3,5-6,8,12,15-16H,2,4,7,9-10H2/t12-/m0/s1. The highest BCUT2D eigenvalue weighted by Crippen LogP contribution is 2.09. The van der Waals surface area contributed by atoms with Gasteiger partial charge in [-0.05, 0) is 43.7 Å². The van der Waals surface area contributed by atoms with E-state index < -0.39 is 0 Å². The Kier molecular flexibility index (Phi) is 3.48. The fourth-order valence-corrected chi connectivity index (χ4v) is 2.40. The Morgan fingerprint density at radius 3 is 3.22 bits per heavy atom. The van der Waals surface area contributed by atoms with Crippen LogP contribution in [-0.4, -0.2) is 29.1 Å². The second-order valence-corrected chi connectivity index (χ2v) is 4.78. The molecule has 2 aromatic heterocycles. The molecule has 4 heteroatoms. The van der Waals surface area contributed by atoms with E-state index in [4.69, 9.17) is 0 Å². The van der Waals surface area contributed by atoms with E-state index in [0.717, 1.165) is 36.4 Å². The van der Waals surface area contributed by atoms with Gasteiger partial charge in [-0.15, -0.1) is 0 Å². The molecule has 0 aliphatic carbocycles. The Morgan fingerprint density at radius 1 is 1.33 bits per heavy atom. The molecule has 0 saturated carbocycles. The van der Waals surface area contributed by atoms with Crippen molar-refractivity contribution in [2.75, 3.05) is 13.1 Å². The van der Waals surface area contributed by atoms with Gasteiger partial charge < -0.3 is 10.6 Å². The van der Waals surface area contributed by atoms with E-state index in [2.05, 4.69) is 32.7 Å². The van der Waals surface area contributed by atoms with Gasteiger partial charge in [0.05, 0.1) is 5.69 Å². The van der Waals surface area contributed by atoms with E-state index >= 15 is 0 Å². The van der Waals surface area contributed by atoms with Gasteiger partial charge in [-0.1, -0.05) is 0 Å². The van der Waals surface area contributed by atoms with Crippen LogP contribution < -0.4 is 10.6 Å². The predicted octanol–water partition coefficient (Wildman–Crippen LogP) is 1.47. The monoisotopic (exact) mass is 242 g/mol. The third kappa shape index (κ3) is 2.66. The van der Waals surface area contributed by atoms with Crippen molar-refractivity contribution >= 4 is 11.0 Å². The van der Waals surface area contributed by atoms with E-state index in [1.807, 2.05) is 12.1 Å². The van der Waals surface area contributed by atoms with Crippen molar-refractivity contribution in [2.24, 2.45) is 0 Å². The minimum Gasteiger partial charge on any atom is -0.313 e. The summed E-state index contributed by atoms with van der Waals surface area (Å²) < 4.78 is 0. The summed E-state index contributed by atoms with van der Waals surface area (Å²) in [6, 6.07) is 8.76. The van der Waals surface area contributed by atoms with Crippen LogP contribution in [0.4, 0.5) is 0 Å². The molecule has 3 heterocycles. The lowest BCUT2D eigenvalue weighted by Crippen LogP contribution is -2.33. The van der Waals surface area contributed by atoms with Gasteiger partial charge in [-0.2, -0.15) is 0 Å². The van der Waals surface area contributed by atoms with Crippen molar-refractivity contribution in [1.29, 1.82) is 0 Å². The molecule has 0 spiro atoms. The highest BCUT2D eigenvalue weighted by molar-refractivity contribution is 5.74. The minimum absolute atomic E-state index is 0.628. The molecule has 2 aromatic rings. The number of fused-ring (bicyclic) bond motifs is 1. The fraction of sp³-hybridized carbons (Fsp3) is 0.429. The predicted molar refractivity (Wildman–Crippen MR) is 72.3 cm³/mol. The number of nitrogens with one attached hydrogen (secondary N) is 2. The minimum atomic E-state index is 0.628. The van der Waals surface area contributed by atoms with Crippen LogP contribution in [0.25, 0.3) is 11.0 Å². The normalized spacial score (nSPS) is 19.4. The molecule has 0 bridgehead atoms. The molecule has 0 radical (unpaired) electrons. The molecule has 0 aromatic carbocycles. The zero-order valence-corrected chi connectivity index (χ0v) is 10.4. The maximum absolute atomic E-state index is 4.55. The van der Waals surface area contributed by atoms with Crippen LogP contribution in [0.5, 0.6) is 0 Å². The van der Waals surface area contributed by atoms with E-state index in [1.165, 1.54) is 12.8 Å². The second-order valence-electron chi connectivity index (χ2n) is 4.78. The number of nitrogens with zero attached hydrogens (tertiary/aromatic N) is 2. The van der Waals surface area contributed by atoms with Gasteiger partial charge in [0.1, 0.15) is 0 Å². The van der Waals surface area contributed by atoms with Gasteiger partial charge in [0.2, 0.25) is 0 Å². The van der Waals surface area contributed by atoms with Gasteiger partial charge in [0.25, 0.3) is 0 Å². The first kappa shape index (κ1) is 11.6. The number of hydrogen-bond acceptors (Lipinski definition) is 4. The quantitative estimate of drug-likeness (QED) is 0.852. The van der Waals surface area contributed by atoms with Crippen LogP contribution in [-0.2, 0) is 6.54 Å². The lowest BCUT2D eigenvalue weighted by molar-refractivity contribution is 0.533. The number of rotatable bonds is 4. The van der Waals surface area contributed by atoms with E-state index in [0.29, 0.717) is 6.04 Å². The Hall–Kier alpha value is -1.52. The van der Waals surface area contributed by atoms with Crippen LogP contribution in [0.15, 0.2) is 30.5 Å². The smallest absolute Gasteiger partial charge is 0.159 e. The zero-order valence-electron chi connectivity index (χ0n) is 10.4. The second kappa shape index (κ2) is 5.42. The number of hydrogen-bond donors (Lipinski definition) is 2. The molecule has 1 fully saturated rings. The molecule has 1 aliphatic rings. The molecular formula is C14H18N4. The lowest BCUT2D eigenvalue weighted by Gasteiger charge is -2.11. The van der Waals surface area contributed by atoms with Crippen molar-refractivity contribution in [1.82, 2.24) is 20.6 Å². The summed E-state index contributed by atoms with van der Waals surface area (Å²) in [5, 5.41) is 8.03.